The van der Waals surface area contributed by atoms with E-state index in [9.17, 15) is 24.6 Å². The first-order valence-corrected chi connectivity index (χ1v) is 17.1. The van der Waals surface area contributed by atoms with Crippen LogP contribution in [0, 0.1) is 46.8 Å². The van der Waals surface area contributed by atoms with Gasteiger partial charge in [-0.1, -0.05) is 44.3 Å². The zero-order chi connectivity index (χ0) is 31.6. The van der Waals surface area contributed by atoms with E-state index in [-0.39, 0.29) is 23.4 Å². The number of nitrogens with zero attached hydrogens (tertiary/aromatic N) is 1. The van der Waals surface area contributed by atoms with Gasteiger partial charge >= 0.3 is 5.97 Å². The maximum absolute atomic E-state index is 12.8. The van der Waals surface area contributed by atoms with E-state index in [1.54, 1.807) is 13.8 Å². The molecule has 0 heterocycles. The van der Waals surface area contributed by atoms with E-state index in [0.29, 0.717) is 36.3 Å². The number of nitrogens with one attached hydrogen (secondary N) is 2. The van der Waals surface area contributed by atoms with Crippen molar-refractivity contribution in [3.8, 4) is 12.3 Å². The predicted molar refractivity (Wildman–Crippen MR) is 168 cm³/mol. The summed E-state index contributed by atoms with van der Waals surface area (Å²) in [5, 5.41) is 30.2. The Bertz CT molecular complexity index is 1200. The Morgan fingerprint density at radius 1 is 1.14 bits per heavy atom. The number of amides is 2. The van der Waals surface area contributed by atoms with Gasteiger partial charge in [-0.25, -0.2) is 4.79 Å². The number of rotatable bonds is 11. The number of allylic oxidation sites excluding steroid dienone is 2. The van der Waals surface area contributed by atoms with Crippen molar-refractivity contribution in [2.75, 3.05) is 18.6 Å². The Morgan fingerprint density at radius 2 is 1.86 bits per heavy atom. The highest BCUT2D eigenvalue weighted by atomic mass is 32.2. The van der Waals surface area contributed by atoms with Crippen LogP contribution in [-0.2, 0) is 19.2 Å². The highest BCUT2D eigenvalue weighted by Crippen LogP contribution is 2.67. The van der Waals surface area contributed by atoms with Crippen LogP contribution in [0.4, 0.5) is 0 Å². The number of hydrogen-bond donors (Lipinski definition) is 4. The number of fused-ring (bicyclic) bond motifs is 5. The molecule has 3 fully saturated rings. The van der Waals surface area contributed by atoms with Crippen LogP contribution in [0.25, 0.3) is 0 Å². The molecule has 2 amide bonds. The SMILES string of the molecule is C#C[C@@]1(O)CC[C@H]2[C@@H]3CCC4=CC(=NOCC(=O)N[C@H](C(=O)N[C@@H](CCSC)C(=O)O)C(C)C)CC[C@]4(C)[C@H]3CC[C@@]21C. The van der Waals surface area contributed by atoms with E-state index in [2.05, 4.69) is 41.6 Å². The molecule has 0 aromatic rings. The first-order valence-electron chi connectivity index (χ1n) is 15.7. The molecule has 238 valence electrons. The molecule has 10 heteroatoms. The summed E-state index contributed by atoms with van der Waals surface area (Å²) >= 11 is 1.50. The largest absolute Gasteiger partial charge is 0.480 e. The van der Waals surface area contributed by atoms with E-state index < -0.39 is 35.5 Å². The van der Waals surface area contributed by atoms with Crippen molar-refractivity contribution in [1.29, 1.82) is 0 Å². The first kappa shape index (κ1) is 33.4. The van der Waals surface area contributed by atoms with Gasteiger partial charge in [-0.2, -0.15) is 11.8 Å². The molecule has 0 unspecified atom stereocenters. The zero-order valence-corrected chi connectivity index (χ0v) is 27.1. The number of aliphatic carboxylic acids is 1. The van der Waals surface area contributed by atoms with E-state index in [4.69, 9.17) is 11.3 Å². The lowest BCUT2D eigenvalue weighted by molar-refractivity contribution is -0.142. The molecule has 4 rings (SSSR count). The summed E-state index contributed by atoms with van der Waals surface area (Å²) in [5.41, 5.74) is 1.09. The van der Waals surface area contributed by atoms with Gasteiger partial charge in [0, 0.05) is 5.41 Å². The topological polar surface area (TPSA) is 137 Å². The quantitative estimate of drug-likeness (QED) is 0.202. The molecule has 43 heavy (non-hydrogen) atoms. The maximum atomic E-state index is 12.8. The van der Waals surface area contributed by atoms with Crippen LogP contribution in [0.15, 0.2) is 16.8 Å². The van der Waals surface area contributed by atoms with Crippen LogP contribution in [0.2, 0.25) is 0 Å². The molecule has 0 radical (unpaired) electrons. The van der Waals surface area contributed by atoms with Crippen molar-refractivity contribution in [1.82, 2.24) is 10.6 Å². The second-order valence-corrected chi connectivity index (χ2v) is 14.8. The second kappa shape index (κ2) is 13.2. The number of thioether (sulfide) groups is 1. The number of carboxylic acid groups (broad SMARTS) is 1. The summed E-state index contributed by atoms with van der Waals surface area (Å²) in [5.74, 6) is 2.55. The Labute approximate surface area is 260 Å². The lowest BCUT2D eigenvalue weighted by Gasteiger charge is -2.58. The summed E-state index contributed by atoms with van der Waals surface area (Å²) in [6, 6.07) is -1.90. The number of carboxylic acids is 1. The van der Waals surface area contributed by atoms with Crippen LogP contribution in [0.1, 0.15) is 85.5 Å². The van der Waals surface area contributed by atoms with Crippen molar-refractivity contribution in [2.24, 2.45) is 39.7 Å². The summed E-state index contributed by atoms with van der Waals surface area (Å²) in [7, 11) is 0. The van der Waals surface area contributed by atoms with Crippen molar-refractivity contribution >= 4 is 35.3 Å². The number of oxime groups is 1. The van der Waals surface area contributed by atoms with Crippen LogP contribution in [0.3, 0.4) is 0 Å². The summed E-state index contributed by atoms with van der Waals surface area (Å²) in [4.78, 5) is 42.5. The highest BCUT2D eigenvalue weighted by Gasteiger charge is 2.63. The molecule has 0 saturated heterocycles. The number of carbonyl (C=O) groups is 3. The van der Waals surface area contributed by atoms with Gasteiger partial charge in [0.1, 0.15) is 17.7 Å². The van der Waals surface area contributed by atoms with Gasteiger partial charge in [0.15, 0.2) is 6.61 Å². The molecule has 4 aliphatic carbocycles. The lowest BCUT2D eigenvalue weighted by Crippen LogP contribution is -2.54. The molecule has 4 N–H and O–H groups in total. The minimum Gasteiger partial charge on any atom is -0.480 e. The van der Waals surface area contributed by atoms with Gasteiger partial charge in [0.05, 0.1) is 5.71 Å². The van der Waals surface area contributed by atoms with Crippen LogP contribution < -0.4 is 10.6 Å². The fourth-order valence-electron chi connectivity index (χ4n) is 8.57. The van der Waals surface area contributed by atoms with Crippen molar-refractivity contribution in [3.05, 3.63) is 11.6 Å². The smallest absolute Gasteiger partial charge is 0.326 e. The van der Waals surface area contributed by atoms with Gasteiger partial charge in [-0.3, -0.25) is 9.59 Å². The van der Waals surface area contributed by atoms with Gasteiger partial charge in [-0.05, 0) is 105 Å². The highest BCUT2D eigenvalue weighted by molar-refractivity contribution is 7.98. The second-order valence-electron chi connectivity index (χ2n) is 13.8. The monoisotopic (exact) mass is 615 g/mol. The van der Waals surface area contributed by atoms with Gasteiger partial charge < -0.3 is 25.7 Å². The first-order chi connectivity index (χ1) is 20.3. The third-order valence-electron chi connectivity index (χ3n) is 11.2. The summed E-state index contributed by atoms with van der Waals surface area (Å²) < 4.78 is 0. The number of carbonyl (C=O) groups excluding carboxylic acids is 2. The van der Waals surface area contributed by atoms with Gasteiger partial charge in [-0.15, -0.1) is 6.42 Å². The summed E-state index contributed by atoms with van der Waals surface area (Å²) in [6.07, 6.45) is 17.6. The van der Waals surface area contributed by atoms with E-state index in [0.717, 1.165) is 50.7 Å². The third kappa shape index (κ3) is 6.49. The molecule has 4 aliphatic rings. The average molecular weight is 616 g/mol. The predicted octanol–water partition coefficient (Wildman–Crippen LogP) is 4.15. The number of hydrogen-bond acceptors (Lipinski definition) is 7. The Balaban J connectivity index is 1.34. The number of aliphatic hydroxyl groups is 1. The maximum Gasteiger partial charge on any atom is 0.326 e. The fourth-order valence-corrected chi connectivity index (χ4v) is 9.05. The van der Waals surface area contributed by atoms with Crippen LogP contribution in [0.5, 0.6) is 0 Å². The molecule has 0 aromatic heterocycles. The molecule has 9 nitrogen and oxygen atoms in total. The minimum atomic E-state index is -1.10. The lowest BCUT2D eigenvalue weighted by atomic mass is 9.46. The molecular formula is C33H49N3O6S. The van der Waals surface area contributed by atoms with Crippen LogP contribution >= 0.6 is 11.8 Å². The zero-order valence-electron chi connectivity index (χ0n) is 26.3. The third-order valence-corrected chi connectivity index (χ3v) is 11.9. The molecule has 3 saturated carbocycles. The van der Waals surface area contributed by atoms with E-state index in [1.807, 2.05) is 6.26 Å². The number of terminal acetylenes is 1. The summed E-state index contributed by atoms with van der Waals surface area (Å²) in [6.45, 7) is 7.84. The molecule has 0 aromatic carbocycles. The van der Waals surface area contributed by atoms with Crippen molar-refractivity contribution in [2.45, 2.75) is 103 Å². The van der Waals surface area contributed by atoms with Crippen molar-refractivity contribution < 1.29 is 29.4 Å². The van der Waals surface area contributed by atoms with Crippen LogP contribution in [-0.4, -0.2) is 70.0 Å². The molecule has 8 atom stereocenters. The van der Waals surface area contributed by atoms with Gasteiger partial charge in [0.2, 0.25) is 5.91 Å². The fraction of sp³-hybridized carbons (Fsp3) is 0.758. The molecule has 0 aliphatic heterocycles. The average Bonchev–Trinajstić information content (AvgIpc) is 3.24. The van der Waals surface area contributed by atoms with Crippen molar-refractivity contribution in [3.63, 3.8) is 0 Å². The molecular weight excluding hydrogens is 566 g/mol. The Hall–Kier alpha value is -2.51. The van der Waals surface area contributed by atoms with E-state index in [1.165, 1.54) is 17.3 Å². The normalized spacial score (nSPS) is 35.4. The molecule has 0 spiro atoms. The Kier molecular flexibility index (Phi) is 10.3. The van der Waals surface area contributed by atoms with E-state index >= 15 is 0 Å². The minimum absolute atomic E-state index is 0.0823. The standard InChI is InChI=1S/C33H49N3O6S/c1-7-33(41)16-12-25-23-9-8-21-18-22(10-14-31(21,4)24(23)11-15-32(25,33)5)36-42-19-27(37)35-28(20(2)3)29(38)34-26(30(39)40)13-17-43-6/h1,18,20,23-26,28,41H,8-17,19H2,2-6H3,(H,34,38)(H,35,37)(H,39,40)/t23-,24+,25+,26+,28+,31+,32+,33-/m1/s1. The Morgan fingerprint density at radius 3 is 2.51 bits per heavy atom. The van der Waals surface area contributed by atoms with Gasteiger partial charge in [0.25, 0.3) is 5.91 Å². The molecule has 0 bridgehead atoms.